The van der Waals surface area contributed by atoms with E-state index in [0.717, 1.165) is 13.1 Å². The van der Waals surface area contributed by atoms with Gasteiger partial charge < -0.3 is 4.90 Å². The van der Waals surface area contributed by atoms with Crippen LogP contribution in [0.5, 0.6) is 0 Å². The Balaban J connectivity index is 2.07. The van der Waals surface area contributed by atoms with Crippen LogP contribution in [0.1, 0.15) is 12.8 Å². The summed E-state index contributed by atoms with van der Waals surface area (Å²) >= 11 is 0. The van der Waals surface area contributed by atoms with Crippen LogP contribution in [0, 0.1) is 0 Å². The normalized spacial score (nSPS) is 35.6. The maximum atomic E-state index is 11.1. The summed E-state index contributed by atoms with van der Waals surface area (Å²) < 4.78 is 0. The Morgan fingerprint density at radius 1 is 1.33 bits per heavy atom. The van der Waals surface area contributed by atoms with Crippen molar-refractivity contribution in [2.24, 2.45) is 0 Å². The zero-order chi connectivity index (χ0) is 8.72. The lowest BCUT2D eigenvalue weighted by Crippen LogP contribution is -2.53. The molecule has 2 aliphatic rings. The minimum Gasteiger partial charge on any atom is -0.349 e. The fourth-order valence-corrected chi connectivity index (χ4v) is 2.37. The van der Waals surface area contributed by atoms with Crippen molar-refractivity contribution in [3.8, 4) is 0 Å². The highest BCUT2D eigenvalue weighted by atomic mass is 16.1. The van der Waals surface area contributed by atoms with Crippen molar-refractivity contribution < 1.29 is 4.79 Å². The van der Waals surface area contributed by atoms with Gasteiger partial charge in [-0.15, -0.1) is 0 Å². The standard InChI is InChI=1S/C8H15BN2O/c1-10-6-2-3-7(10)5-11(4-6)8(9)12/h6-7H,2-5,9H2,1H3. The average Bonchev–Trinajstić information content (AvgIpc) is 2.30. The number of nitrogens with zero attached hydrogens (tertiary/aromatic N) is 2. The van der Waals surface area contributed by atoms with Gasteiger partial charge in [-0.1, -0.05) is 0 Å². The third-order valence-electron chi connectivity index (χ3n) is 3.29. The van der Waals surface area contributed by atoms with Crippen molar-refractivity contribution in [3.63, 3.8) is 0 Å². The van der Waals surface area contributed by atoms with E-state index in [4.69, 9.17) is 0 Å². The number of carbonyl (C=O) groups excluding carboxylic acids is 1. The van der Waals surface area contributed by atoms with Crippen LogP contribution in [0.4, 0.5) is 4.79 Å². The predicted octanol–water partition coefficient (Wildman–Crippen LogP) is -0.482. The zero-order valence-corrected chi connectivity index (χ0v) is 7.79. The van der Waals surface area contributed by atoms with Crippen LogP contribution in [0.15, 0.2) is 0 Å². The smallest absolute Gasteiger partial charge is 0.215 e. The van der Waals surface area contributed by atoms with Gasteiger partial charge in [-0.05, 0) is 19.9 Å². The summed E-state index contributed by atoms with van der Waals surface area (Å²) in [6, 6.07) is 1.26. The van der Waals surface area contributed by atoms with Gasteiger partial charge in [0.25, 0.3) is 0 Å². The van der Waals surface area contributed by atoms with Crippen molar-refractivity contribution in [1.82, 2.24) is 9.80 Å². The van der Waals surface area contributed by atoms with E-state index in [1.54, 1.807) is 7.85 Å². The van der Waals surface area contributed by atoms with Crippen molar-refractivity contribution in [3.05, 3.63) is 0 Å². The van der Waals surface area contributed by atoms with E-state index >= 15 is 0 Å². The molecule has 2 fully saturated rings. The summed E-state index contributed by atoms with van der Waals surface area (Å²) in [6.45, 7) is 1.89. The fraction of sp³-hybridized carbons (Fsp3) is 0.875. The maximum absolute atomic E-state index is 11.1. The number of likely N-dealkylation sites (tertiary alicyclic amines) is 1. The minimum atomic E-state index is 0.236. The van der Waals surface area contributed by atoms with E-state index in [2.05, 4.69) is 11.9 Å². The summed E-state index contributed by atoms with van der Waals surface area (Å²) in [5.74, 6) is 0.236. The van der Waals surface area contributed by atoms with Crippen LogP contribution in [-0.4, -0.2) is 55.7 Å². The highest BCUT2D eigenvalue weighted by Crippen LogP contribution is 2.27. The Morgan fingerprint density at radius 2 is 1.83 bits per heavy atom. The van der Waals surface area contributed by atoms with E-state index in [9.17, 15) is 4.79 Å². The first-order chi connectivity index (χ1) is 5.68. The average molecular weight is 166 g/mol. The van der Waals surface area contributed by atoms with Crippen LogP contribution in [0.3, 0.4) is 0 Å². The molecule has 0 aliphatic carbocycles. The Labute approximate surface area is 74.1 Å². The number of hydrogen-bond donors (Lipinski definition) is 0. The Bertz CT molecular complexity index is 195. The number of hydrogen-bond acceptors (Lipinski definition) is 2. The molecule has 2 unspecified atom stereocenters. The molecule has 2 heterocycles. The van der Waals surface area contributed by atoms with Gasteiger partial charge in [0.15, 0.2) is 5.81 Å². The van der Waals surface area contributed by atoms with E-state index in [1.807, 2.05) is 4.90 Å². The highest BCUT2D eigenvalue weighted by molar-refractivity contribution is 6.56. The minimum absolute atomic E-state index is 0.236. The summed E-state index contributed by atoms with van der Waals surface area (Å²) in [4.78, 5) is 15.6. The van der Waals surface area contributed by atoms with Gasteiger partial charge in [-0.3, -0.25) is 9.69 Å². The monoisotopic (exact) mass is 166 g/mol. The third-order valence-corrected chi connectivity index (χ3v) is 3.29. The van der Waals surface area contributed by atoms with Crippen LogP contribution < -0.4 is 0 Å². The van der Waals surface area contributed by atoms with E-state index in [1.165, 1.54) is 12.8 Å². The van der Waals surface area contributed by atoms with Crippen molar-refractivity contribution >= 4 is 13.7 Å². The molecule has 1 amide bonds. The number of likely N-dealkylation sites (N-methyl/N-ethyl adjacent to an activating group) is 1. The number of rotatable bonds is 0. The lowest BCUT2D eigenvalue weighted by Gasteiger charge is -2.38. The molecule has 0 aromatic rings. The lowest BCUT2D eigenvalue weighted by atomic mass is 10.1. The van der Waals surface area contributed by atoms with E-state index in [-0.39, 0.29) is 5.81 Å². The molecule has 2 bridgehead atoms. The molecule has 2 aliphatic heterocycles. The second-order valence-corrected chi connectivity index (χ2v) is 3.97. The van der Waals surface area contributed by atoms with Crippen LogP contribution >= 0.6 is 0 Å². The first-order valence-corrected chi connectivity index (χ1v) is 4.66. The van der Waals surface area contributed by atoms with E-state index in [0.29, 0.717) is 12.1 Å². The van der Waals surface area contributed by atoms with Crippen molar-refractivity contribution in [2.75, 3.05) is 20.1 Å². The molecule has 0 aromatic carbocycles. The molecule has 0 saturated carbocycles. The molecule has 0 spiro atoms. The molecule has 0 aromatic heterocycles. The fourth-order valence-electron chi connectivity index (χ4n) is 2.37. The molecule has 2 rings (SSSR count). The van der Waals surface area contributed by atoms with Gasteiger partial charge in [0.2, 0.25) is 7.85 Å². The molecule has 0 radical (unpaired) electrons. The second kappa shape index (κ2) is 2.77. The number of amides is 1. The number of carbonyl (C=O) groups is 1. The summed E-state index contributed by atoms with van der Waals surface area (Å²) in [5.41, 5.74) is 0. The predicted molar refractivity (Wildman–Crippen MR) is 50.1 cm³/mol. The molecular formula is C8H15BN2O. The molecular weight excluding hydrogens is 151 g/mol. The molecule has 0 N–H and O–H groups in total. The van der Waals surface area contributed by atoms with Crippen LogP contribution in [0.2, 0.25) is 0 Å². The van der Waals surface area contributed by atoms with Crippen LogP contribution in [-0.2, 0) is 0 Å². The van der Waals surface area contributed by atoms with Crippen LogP contribution in [0.25, 0.3) is 0 Å². The summed E-state index contributed by atoms with van der Waals surface area (Å²) in [5, 5.41) is 0. The van der Waals surface area contributed by atoms with Gasteiger partial charge in [0.1, 0.15) is 0 Å². The second-order valence-electron chi connectivity index (χ2n) is 3.97. The van der Waals surface area contributed by atoms with E-state index < -0.39 is 0 Å². The highest BCUT2D eigenvalue weighted by Gasteiger charge is 2.37. The van der Waals surface area contributed by atoms with Gasteiger partial charge in [-0.25, -0.2) is 0 Å². The molecule has 4 heteroatoms. The Morgan fingerprint density at radius 3 is 2.25 bits per heavy atom. The number of fused-ring (bicyclic) bond motifs is 2. The van der Waals surface area contributed by atoms with Crippen molar-refractivity contribution in [1.29, 1.82) is 0 Å². The third kappa shape index (κ3) is 1.14. The molecule has 66 valence electrons. The SMILES string of the molecule is BC(=O)N1CC2CCC(C1)N2C. The molecule has 12 heavy (non-hydrogen) atoms. The summed E-state index contributed by atoms with van der Waals surface area (Å²) in [6.07, 6.45) is 2.54. The topological polar surface area (TPSA) is 23.6 Å². The first kappa shape index (κ1) is 8.11. The molecule has 3 nitrogen and oxygen atoms in total. The largest absolute Gasteiger partial charge is 0.349 e. The van der Waals surface area contributed by atoms with Gasteiger partial charge in [-0.2, -0.15) is 0 Å². The lowest BCUT2D eigenvalue weighted by molar-refractivity contribution is 0.114. The van der Waals surface area contributed by atoms with Crippen molar-refractivity contribution in [2.45, 2.75) is 24.9 Å². The number of piperazine rings is 1. The summed E-state index contributed by atoms with van der Waals surface area (Å²) in [7, 11) is 3.85. The molecule has 2 atom stereocenters. The van der Waals surface area contributed by atoms with Gasteiger partial charge >= 0.3 is 0 Å². The Hall–Kier alpha value is -0.505. The van der Waals surface area contributed by atoms with Gasteiger partial charge in [0, 0.05) is 25.2 Å². The van der Waals surface area contributed by atoms with Gasteiger partial charge in [0.05, 0.1) is 0 Å². The molecule has 2 saturated heterocycles. The first-order valence-electron chi connectivity index (χ1n) is 4.66. The quantitative estimate of drug-likeness (QED) is 0.453. The maximum Gasteiger partial charge on any atom is 0.215 e. The Kier molecular flexibility index (Phi) is 1.87. The zero-order valence-electron chi connectivity index (χ0n) is 7.79.